The minimum Gasteiger partial charge on any atom is -0.368 e. The van der Waals surface area contributed by atoms with E-state index in [-0.39, 0.29) is 17.8 Å². The van der Waals surface area contributed by atoms with Gasteiger partial charge in [-0.1, -0.05) is 0 Å². The Bertz CT molecular complexity index is 216. The van der Waals surface area contributed by atoms with E-state index in [4.69, 9.17) is 23.2 Å². The Morgan fingerprint density at radius 2 is 1.60 bits per heavy atom. The summed E-state index contributed by atoms with van der Waals surface area (Å²) in [6.07, 6.45) is 0. The van der Waals surface area contributed by atoms with E-state index in [1.54, 1.807) is 0 Å². The lowest BCUT2D eigenvalue weighted by Crippen LogP contribution is -2.04. The topological polar surface area (TPSA) is 103 Å². The number of anilines is 3. The van der Waals surface area contributed by atoms with Crippen LogP contribution in [-0.4, -0.2) is 15.0 Å². The van der Waals surface area contributed by atoms with Crippen molar-refractivity contribution in [2.24, 2.45) is 0 Å². The van der Waals surface area contributed by atoms with Gasteiger partial charge in [0.1, 0.15) is 0 Å². The summed E-state index contributed by atoms with van der Waals surface area (Å²) in [5, 5.41) is 0. The van der Waals surface area contributed by atoms with Crippen LogP contribution in [0.15, 0.2) is 0 Å². The molecule has 54 valence electrons. The summed E-state index contributed by atoms with van der Waals surface area (Å²) in [5.74, 6) is 0.220. The smallest absolute Gasteiger partial charge is 0.244 e. The zero-order chi connectivity index (χ0) is 7.56. The molecule has 5 N–H and O–H groups in total. The van der Waals surface area contributed by atoms with E-state index in [0.29, 0.717) is 0 Å². The van der Waals surface area contributed by atoms with Crippen molar-refractivity contribution in [3.63, 3.8) is 0 Å². The number of rotatable bonds is 1. The van der Waals surface area contributed by atoms with Crippen molar-refractivity contribution in [3.05, 3.63) is 0 Å². The largest absolute Gasteiger partial charge is 0.368 e. The number of nitrogens with two attached hydrogens (primary N) is 2. The van der Waals surface area contributed by atoms with Gasteiger partial charge in [-0.3, -0.25) is 4.84 Å². The summed E-state index contributed by atoms with van der Waals surface area (Å²) in [6, 6.07) is 0. The van der Waals surface area contributed by atoms with Gasteiger partial charge in [-0.05, 0) is 0 Å². The molecular formula is C3H5ClN6. The molecule has 0 aliphatic carbocycles. The van der Waals surface area contributed by atoms with Crippen molar-refractivity contribution < 1.29 is 0 Å². The molecule has 0 radical (unpaired) electrons. The van der Waals surface area contributed by atoms with Crippen molar-refractivity contribution in [2.45, 2.75) is 0 Å². The average molecular weight is 161 g/mol. The number of aromatic nitrogens is 3. The maximum Gasteiger partial charge on any atom is 0.244 e. The van der Waals surface area contributed by atoms with Gasteiger partial charge in [0.15, 0.2) is 0 Å². The van der Waals surface area contributed by atoms with Crippen molar-refractivity contribution in [1.29, 1.82) is 0 Å². The van der Waals surface area contributed by atoms with Gasteiger partial charge in [0.25, 0.3) is 0 Å². The predicted molar refractivity (Wildman–Crippen MR) is 38.1 cm³/mol. The number of hydrogen-bond donors (Lipinski definition) is 3. The van der Waals surface area contributed by atoms with Crippen LogP contribution in [0.4, 0.5) is 17.8 Å². The molecule has 0 aliphatic heterocycles. The van der Waals surface area contributed by atoms with Crippen molar-refractivity contribution in [1.82, 2.24) is 15.0 Å². The van der Waals surface area contributed by atoms with Crippen molar-refractivity contribution in [2.75, 3.05) is 16.3 Å². The molecule has 10 heavy (non-hydrogen) atoms. The molecule has 1 rings (SSSR count). The van der Waals surface area contributed by atoms with Crippen LogP contribution in [0.25, 0.3) is 0 Å². The molecule has 0 aliphatic rings. The molecule has 0 atom stereocenters. The molecule has 0 unspecified atom stereocenters. The summed E-state index contributed by atoms with van der Waals surface area (Å²) in [6.45, 7) is 0. The van der Waals surface area contributed by atoms with Gasteiger partial charge in [-0.15, -0.1) is 0 Å². The Labute approximate surface area is 61.7 Å². The van der Waals surface area contributed by atoms with E-state index in [2.05, 4.69) is 19.8 Å². The van der Waals surface area contributed by atoms with Gasteiger partial charge in [0.05, 0.1) is 0 Å². The maximum atomic E-state index is 5.19. The van der Waals surface area contributed by atoms with E-state index >= 15 is 0 Å². The lowest BCUT2D eigenvalue weighted by Gasteiger charge is -1.96. The van der Waals surface area contributed by atoms with Crippen LogP contribution in [0, 0.1) is 0 Å². The van der Waals surface area contributed by atoms with E-state index in [0.717, 1.165) is 0 Å². The number of nitrogens with one attached hydrogen (secondary N) is 1. The summed E-state index contributed by atoms with van der Waals surface area (Å²) in [4.78, 5) is 12.8. The Kier molecular flexibility index (Phi) is 1.72. The van der Waals surface area contributed by atoms with Crippen molar-refractivity contribution >= 4 is 29.6 Å². The van der Waals surface area contributed by atoms with E-state index in [1.165, 1.54) is 0 Å². The molecule has 0 amide bonds. The van der Waals surface area contributed by atoms with Crippen LogP contribution in [-0.2, 0) is 0 Å². The number of halogens is 1. The van der Waals surface area contributed by atoms with Crippen LogP contribution in [0.1, 0.15) is 0 Å². The van der Waals surface area contributed by atoms with Gasteiger partial charge < -0.3 is 11.5 Å². The highest BCUT2D eigenvalue weighted by molar-refractivity contribution is 6.23. The molecule has 1 aromatic rings. The van der Waals surface area contributed by atoms with Crippen LogP contribution in [0.5, 0.6) is 0 Å². The van der Waals surface area contributed by atoms with Gasteiger partial charge in [0, 0.05) is 11.8 Å². The van der Waals surface area contributed by atoms with Crippen LogP contribution >= 0.6 is 11.8 Å². The average Bonchev–Trinajstić information content (AvgIpc) is 1.85. The van der Waals surface area contributed by atoms with Gasteiger partial charge in [-0.2, -0.15) is 15.0 Å². The van der Waals surface area contributed by atoms with E-state index in [1.807, 2.05) is 0 Å². The number of nitrogen functional groups attached to an aromatic ring is 2. The minimum absolute atomic E-state index is 0.0376. The summed E-state index contributed by atoms with van der Waals surface area (Å²) < 4.78 is 0. The highest BCUT2D eigenvalue weighted by Gasteiger charge is 1.97. The highest BCUT2D eigenvalue weighted by Crippen LogP contribution is 2.03. The van der Waals surface area contributed by atoms with Crippen LogP contribution in [0.2, 0.25) is 0 Å². The zero-order valence-corrected chi connectivity index (χ0v) is 5.63. The SMILES string of the molecule is Nc1nc(N)nc(NCl)n1. The fraction of sp³-hybridized carbons (Fsp3) is 0. The first-order valence-electron chi connectivity index (χ1n) is 2.36. The molecule has 6 nitrogen and oxygen atoms in total. The molecule has 0 fully saturated rings. The van der Waals surface area contributed by atoms with E-state index in [9.17, 15) is 0 Å². The normalized spacial score (nSPS) is 9.30. The first kappa shape index (κ1) is 6.81. The van der Waals surface area contributed by atoms with Gasteiger partial charge in [0.2, 0.25) is 17.8 Å². The molecule has 0 aromatic carbocycles. The second-order valence-electron chi connectivity index (χ2n) is 1.47. The lowest BCUT2D eigenvalue weighted by molar-refractivity contribution is 1.09. The minimum atomic E-state index is 0.0376. The monoisotopic (exact) mass is 160 g/mol. The van der Waals surface area contributed by atoms with Crippen LogP contribution in [0.3, 0.4) is 0 Å². The summed E-state index contributed by atoms with van der Waals surface area (Å²) in [5.41, 5.74) is 10.4. The number of nitrogens with zero attached hydrogens (tertiary/aromatic N) is 3. The second-order valence-corrected chi connectivity index (χ2v) is 1.66. The first-order chi connectivity index (χ1) is 4.72. The Morgan fingerprint density at radius 3 is 2.00 bits per heavy atom. The maximum absolute atomic E-state index is 5.19. The third-order valence-corrected chi connectivity index (χ3v) is 0.924. The standard InChI is InChI=1S/C3H5ClN6/c4-10-3-8-1(5)7-2(6)9-3/h(H5,5,6,7,8,9,10). The Balaban J connectivity index is 3.06. The third-order valence-electron chi connectivity index (χ3n) is 0.755. The zero-order valence-electron chi connectivity index (χ0n) is 4.87. The van der Waals surface area contributed by atoms with E-state index < -0.39 is 0 Å². The molecule has 0 spiro atoms. The predicted octanol–water partition coefficient (Wildman–Crippen LogP) is -0.398. The van der Waals surface area contributed by atoms with Gasteiger partial charge in [-0.25, -0.2) is 0 Å². The quantitative estimate of drug-likeness (QED) is 0.483. The lowest BCUT2D eigenvalue weighted by atomic mass is 10.8. The Morgan fingerprint density at radius 1 is 1.10 bits per heavy atom. The molecule has 7 heteroatoms. The fourth-order valence-electron chi connectivity index (χ4n) is 0.452. The first-order valence-corrected chi connectivity index (χ1v) is 2.74. The van der Waals surface area contributed by atoms with Gasteiger partial charge >= 0.3 is 0 Å². The molecule has 1 aromatic heterocycles. The highest BCUT2D eigenvalue weighted by atomic mass is 35.5. The molecule has 1 heterocycles. The number of hydrogen-bond acceptors (Lipinski definition) is 6. The summed E-state index contributed by atoms with van der Waals surface area (Å²) >= 11 is 5.16. The van der Waals surface area contributed by atoms with Crippen LogP contribution < -0.4 is 16.3 Å². The third kappa shape index (κ3) is 1.35. The molecule has 0 bridgehead atoms. The molecular weight excluding hydrogens is 156 g/mol. The Hall–Kier alpha value is -1.30. The molecule has 0 saturated heterocycles. The summed E-state index contributed by atoms with van der Waals surface area (Å²) in [7, 11) is 0. The fourth-order valence-corrected chi connectivity index (χ4v) is 0.536. The molecule has 0 saturated carbocycles. The second kappa shape index (κ2) is 2.53. The van der Waals surface area contributed by atoms with Crippen molar-refractivity contribution in [3.8, 4) is 0 Å².